The van der Waals surface area contributed by atoms with E-state index in [9.17, 15) is 0 Å². The lowest BCUT2D eigenvalue weighted by atomic mass is 10.0. The van der Waals surface area contributed by atoms with E-state index in [-0.39, 0.29) is 0 Å². The number of rotatable bonds is 2. The van der Waals surface area contributed by atoms with E-state index in [0.29, 0.717) is 11.8 Å². The minimum atomic E-state index is 0.478. The fourth-order valence-corrected chi connectivity index (χ4v) is 1.24. The Balaban J connectivity index is 3.05. The normalized spacial score (nSPS) is 11.9. The van der Waals surface area contributed by atoms with E-state index >= 15 is 0 Å². The smallest absolute Gasteiger partial charge is 0.166 e. The van der Waals surface area contributed by atoms with E-state index in [2.05, 4.69) is 30.4 Å². The van der Waals surface area contributed by atoms with Gasteiger partial charge in [-0.05, 0) is 17.5 Å². The Hall–Kier alpha value is -1.55. The molecule has 1 aromatic rings. The molecule has 0 unspecified atom stereocenters. The van der Waals surface area contributed by atoms with Crippen molar-refractivity contribution in [2.75, 3.05) is 0 Å². The number of nitrogens with one attached hydrogen (secondary N) is 1. The van der Waals surface area contributed by atoms with E-state index in [0.717, 1.165) is 5.56 Å². The summed E-state index contributed by atoms with van der Waals surface area (Å²) in [5, 5.41) is 3.56. The molecule has 0 saturated carbocycles. The van der Waals surface area contributed by atoms with Crippen LogP contribution in [0.4, 0.5) is 0 Å². The van der Waals surface area contributed by atoms with E-state index in [1.54, 1.807) is 0 Å². The van der Waals surface area contributed by atoms with Crippen molar-refractivity contribution in [3.63, 3.8) is 0 Å². The Morgan fingerprint density at radius 2 is 2.14 bits per heavy atom. The molecule has 0 bridgehead atoms. The van der Waals surface area contributed by atoms with Crippen LogP contribution in [-0.4, -0.2) is 5.84 Å². The molecule has 0 fully saturated rings. The molecule has 0 amide bonds. The van der Waals surface area contributed by atoms with Gasteiger partial charge in [-0.3, -0.25) is 0 Å². The number of hydrogen-bond acceptors (Lipinski definition) is 3. The predicted octanol–water partition coefficient (Wildman–Crippen LogP) is 0.894. The molecule has 1 rings (SSSR count). The monoisotopic (exact) mass is 192 g/mol. The molecular formula is C10H16N4. The third-order valence-electron chi connectivity index (χ3n) is 2.09. The van der Waals surface area contributed by atoms with Crippen LogP contribution in [0.25, 0.3) is 0 Å². The molecule has 4 heteroatoms. The molecular weight excluding hydrogens is 176 g/mol. The van der Waals surface area contributed by atoms with Crippen LogP contribution in [0.3, 0.4) is 0 Å². The molecule has 0 aliphatic rings. The van der Waals surface area contributed by atoms with Crippen LogP contribution in [0.1, 0.15) is 30.9 Å². The van der Waals surface area contributed by atoms with E-state index in [1.807, 2.05) is 18.2 Å². The molecule has 14 heavy (non-hydrogen) atoms. The number of hydrogen-bond donors (Lipinski definition) is 3. The highest BCUT2D eigenvalue weighted by atomic mass is 15.3. The van der Waals surface area contributed by atoms with Crippen molar-refractivity contribution in [2.24, 2.45) is 16.8 Å². The van der Waals surface area contributed by atoms with Gasteiger partial charge in [0.25, 0.3) is 0 Å². The SMILES string of the molecule is CC(C)c1cccc(/C(=N/N)NN)c1. The maximum atomic E-state index is 5.28. The van der Waals surface area contributed by atoms with Crippen molar-refractivity contribution < 1.29 is 0 Å². The average molecular weight is 192 g/mol. The van der Waals surface area contributed by atoms with Gasteiger partial charge in [-0.15, -0.1) is 0 Å². The molecule has 0 saturated heterocycles. The molecule has 0 radical (unpaired) electrons. The fraction of sp³-hybridized carbons (Fsp3) is 0.300. The lowest BCUT2D eigenvalue weighted by Gasteiger charge is -2.08. The van der Waals surface area contributed by atoms with Gasteiger partial charge in [-0.2, -0.15) is 5.10 Å². The Morgan fingerprint density at radius 1 is 1.43 bits per heavy atom. The standard InChI is InChI=1S/C10H16N4/c1-7(2)8-4-3-5-9(6-8)10(13-11)14-12/h3-7H,11-12H2,1-2H3,(H,13,14). The van der Waals surface area contributed by atoms with E-state index < -0.39 is 0 Å². The van der Waals surface area contributed by atoms with Gasteiger partial charge in [0.2, 0.25) is 0 Å². The zero-order valence-corrected chi connectivity index (χ0v) is 8.49. The van der Waals surface area contributed by atoms with Crippen LogP contribution in [0, 0.1) is 0 Å². The first-order valence-electron chi connectivity index (χ1n) is 4.54. The number of hydrazone groups is 1. The van der Waals surface area contributed by atoms with Gasteiger partial charge < -0.3 is 11.3 Å². The molecule has 0 aromatic heterocycles. The Morgan fingerprint density at radius 3 is 2.64 bits per heavy atom. The van der Waals surface area contributed by atoms with Crippen molar-refractivity contribution in [1.29, 1.82) is 0 Å². The van der Waals surface area contributed by atoms with Gasteiger partial charge in [0.15, 0.2) is 5.84 Å². The first-order valence-corrected chi connectivity index (χ1v) is 4.54. The third kappa shape index (κ3) is 2.23. The molecule has 0 spiro atoms. The maximum absolute atomic E-state index is 5.28. The summed E-state index contributed by atoms with van der Waals surface area (Å²) < 4.78 is 0. The van der Waals surface area contributed by atoms with Crippen molar-refractivity contribution >= 4 is 5.84 Å². The average Bonchev–Trinajstić information content (AvgIpc) is 2.20. The molecule has 0 heterocycles. The van der Waals surface area contributed by atoms with Gasteiger partial charge >= 0.3 is 0 Å². The van der Waals surface area contributed by atoms with Crippen LogP contribution < -0.4 is 17.1 Å². The van der Waals surface area contributed by atoms with Crippen LogP contribution in [0.2, 0.25) is 0 Å². The van der Waals surface area contributed by atoms with Gasteiger partial charge in [-0.25, -0.2) is 5.84 Å². The summed E-state index contributed by atoms with van der Waals surface area (Å²) in [5.74, 6) is 11.4. The summed E-state index contributed by atoms with van der Waals surface area (Å²) >= 11 is 0. The van der Waals surface area contributed by atoms with Crippen LogP contribution in [0.15, 0.2) is 29.4 Å². The molecule has 4 nitrogen and oxygen atoms in total. The quantitative estimate of drug-likeness (QED) is 0.282. The summed E-state index contributed by atoms with van der Waals surface area (Å²) in [4.78, 5) is 0. The highest BCUT2D eigenvalue weighted by molar-refractivity contribution is 5.98. The maximum Gasteiger partial charge on any atom is 0.166 e. The highest BCUT2D eigenvalue weighted by Gasteiger charge is 2.04. The van der Waals surface area contributed by atoms with Gasteiger partial charge in [0, 0.05) is 5.56 Å². The first-order chi connectivity index (χ1) is 6.69. The Labute approximate surface area is 84.0 Å². The van der Waals surface area contributed by atoms with Crippen molar-refractivity contribution in [3.05, 3.63) is 35.4 Å². The molecule has 0 aliphatic heterocycles. The Bertz CT molecular complexity index is 331. The van der Waals surface area contributed by atoms with Gasteiger partial charge in [0.1, 0.15) is 0 Å². The number of nitrogens with zero attached hydrogens (tertiary/aromatic N) is 1. The van der Waals surface area contributed by atoms with Crippen LogP contribution in [-0.2, 0) is 0 Å². The van der Waals surface area contributed by atoms with Gasteiger partial charge in [0.05, 0.1) is 0 Å². The minimum absolute atomic E-state index is 0.478. The molecule has 5 N–H and O–H groups in total. The van der Waals surface area contributed by atoms with E-state index in [1.165, 1.54) is 5.56 Å². The molecule has 0 aliphatic carbocycles. The lowest BCUT2D eigenvalue weighted by molar-refractivity contribution is 0.865. The minimum Gasteiger partial charge on any atom is -0.321 e. The molecule has 0 atom stereocenters. The summed E-state index contributed by atoms with van der Waals surface area (Å²) in [6, 6.07) is 7.97. The number of nitrogens with two attached hydrogens (primary N) is 2. The second kappa shape index (κ2) is 4.62. The molecule has 1 aromatic carbocycles. The summed E-state index contributed by atoms with van der Waals surface area (Å²) in [6.07, 6.45) is 0. The third-order valence-corrected chi connectivity index (χ3v) is 2.09. The first kappa shape index (κ1) is 10.5. The number of amidine groups is 1. The van der Waals surface area contributed by atoms with Crippen molar-refractivity contribution in [2.45, 2.75) is 19.8 Å². The Kier molecular flexibility index (Phi) is 3.48. The zero-order chi connectivity index (χ0) is 10.6. The zero-order valence-electron chi connectivity index (χ0n) is 8.49. The number of hydrazine groups is 1. The summed E-state index contributed by atoms with van der Waals surface area (Å²) in [7, 11) is 0. The number of benzene rings is 1. The fourth-order valence-electron chi connectivity index (χ4n) is 1.24. The summed E-state index contributed by atoms with van der Waals surface area (Å²) in [6.45, 7) is 4.27. The highest BCUT2D eigenvalue weighted by Crippen LogP contribution is 2.15. The second-order valence-corrected chi connectivity index (χ2v) is 3.40. The van der Waals surface area contributed by atoms with Crippen molar-refractivity contribution in [1.82, 2.24) is 5.43 Å². The van der Waals surface area contributed by atoms with Gasteiger partial charge in [-0.1, -0.05) is 32.0 Å². The second-order valence-electron chi connectivity index (χ2n) is 3.40. The van der Waals surface area contributed by atoms with Crippen LogP contribution in [0.5, 0.6) is 0 Å². The molecule has 76 valence electrons. The van der Waals surface area contributed by atoms with E-state index in [4.69, 9.17) is 11.7 Å². The predicted molar refractivity (Wildman–Crippen MR) is 58.6 cm³/mol. The largest absolute Gasteiger partial charge is 0.321 e. The van der Waals surface area contributed by atoms with Crippen LogP contribution >= 0.6 is 0 Å². The lowest BCUT2D eigenvalue weighted by Crippen LogP contribution is -2.32. The topological polar surface area (TPSA) is 76.4 Å². The summed E-state index contributed by atoms with van der Waals surface area (Å²) in [5.41, 5.74) is 4.60. The van der Waals surface area contributed by atoms with Crippen molar-refractivity contribution in [3.8, 4) is 0 Å².